The van der Waals surface area contributed by atoms with E-state index in [-0.39, 0.29) is 0 Å². The molecule has 0 radical (unpaired) electrons. The summed E-state index contributed by atoms with van der Waals surface area (Å²) in [6.07, 6.45) is 0. The van der Waals surface area contributed by atoms with Crippen LogP contribution < -0.4 is 10.6 Å². The summed E-state index contributed by atoms with van der Waals surface area (Å²) in [5, 5.41) is 6.80. The molecule has 0 aliphatic rings. The quantitative estimate of drug-likeness (QED) is 0.601. The lowest BCUT2D eigenvalue weighted by molar-refractivity contribution is 0.401. The number of hydrogen-bond acceptors (Lipinski definition) is 2. The first-order valence-electron chi connectivity index (χ1n) is 8.20. The first kappa shape index (κ1) is 18.5. The maximum atomic E-state index is 4.75. The van der Waals surface area contributed by atoms with Gasteiger partial charge in [0.1, 0.15) is 0 Å². The monoisotopic (exact) mass is 304 g/mol. The van der Waals surface area contributed by atoms with Gasteiger partial charge in [-0.15, -0.1) is 0 Å². The molecular formula is C18H32N4. The number of nitrogens with zero attached hydrogens (tertiary/aromatic N) is 2. The third kappa shape index (κ3) is 6.48. The average molecular weight is 304 g/mol. The molecule has 0 bridgehead atoms. The summed E-state index contributed by atoms with van der Waals surface area (Å²) in [7, 11) is 4.19. The lowest BCUT2D eigenvalue weighted by atomic mass is 10.1. The summed E-state index contributed by atoms with van der Waals surface area (Å²) in [6, 6.07) is 8.92. The molecule has 0 fully saturated rings. The van der Waals surface area contributed by atoms with Crippen LogP contribution in [-0.2, 0) is 13.1 Å². The fourth-order valence-electron chi connectivity index (χ4n) is 2.07. The normalized spacial score (nSPS) is 13.5. The van der Waals surface area contributed by atoms with Gasteiger partial charge in [-0.3, -0.25) is 0 Å². The van der Waals surface area contributed by atoms with Crippen LogP contribution in [0.1, 0.15) is 38.8 Å². The second kappa shape index (κ2) is 9.46. The van der Waals surface area contributed by atoms with Crippen molar-refractivity contribution in [3.8, 4) is 0 Å². The standard InChI is InChI=1S/C18H32N4/c1-7-19-18(21-15(4)14(2)3)20-12-16-10-8-9-11-17(16)13-22(5)6/h8-11,14-15H,7,12-13H2,1-6H3,(H2,19,20,21). The Kier molecular flexibility index (Phi) is 7.96. The van der Waals surface area contributed by atoms with E-state index in [1.807, 2.05) is 0 Å². The molecule has 0 aromatic heterocycles. The zero-order valence-corrected chi connectivity index (χ0v) is 15.0. The number of aliphatic imine (C=N–C) groups is 1. The molecule has 0 saturated heterocycles. The first-order valence-corrected chi connectivity index (χ1v) is 8.20. The number of benzene rings is 1. The fourth-order valence-corrected chi connectivity index (χ4v) is 2.07. The summed E-state index contributed by atoms with van der Waals surface area (Å²) < 4.78 is 0. The van der Waals surface area contributed by atoms with Gasteiger partial charge < -0.3 is 15.5 Å². The van der Waals surface area contributed by atoms with Crippen LogP contribution in [-0.4, -0.2) is 37.5 Å². The molecule has 0 saturated carbocycles. The molecule has 0 aliphatic heterocycles. The van der Waals surface area contributed by atoms with E-state index in [1.54, 1.807) is 0 Å². The van der Waals surface area contributed by atoms with Crippen LogP contribution in [0, 0.1) is 5.92 Å². The van der Waals surface area contributed by atoms with Crippen molar-refractivity contribution in [2.24, 2.45) is 10.9 Å². The van der Waals surface area contributed by atoms with Crippen molar-refractivity contribution in [3.63, 3.8) is 0 Å². The van der Waals surface area contributed by atoms with Crippen molar-refractivity contribution in [3.05, 3.63) is 35.4 Å². The van der Waals surface area contributed by atoms with Crippen molar-refractivity contribution in [1.29, 1.82) is 0 Å². The van der Waals surface area contributed by atoms with E-state index in [0.717, 1.165) is 19.0 Å². The second-order valence-electron chi connectivity index (χ2n) is 6.38. The highest BCUT2D eigenvalue weighted by molar-refractivity contribution is 5.80. The minimum atomic E-state index is 0.398. The van der Waals surface area contributed by atoms with Crippen molar-refractivity contribution >= 4 is 5.96 Å². The van der Waals surface area contributed by atoms with Gasteiger partial charge in [0.15, 0.2) is 5.96 Å². The predicted octanol–water partition coefficient (Wildman–Crippen LogP) is 2.85. The molecule has 0 spiro atoms. The molecule has 0 aliphatic carbocycles. The van der Waals surface area contributed by atoms with Crippen LogP contribution in [0.25, 0.3) is 0 Å². The molecular weight excluding hydrogens is 272 g/mol. The molecule has 2 N–H and O–H groups in total. The van der Waals surface area contributed by atoms with Crippen molar-refractivity contribution in [2.45, 2.75) is 46.8 Å². The molecule has 4 heteroatoms. The highest BCUT2D eigenvalue weighted by Crippen LogP contribution is 2.12. The van der Waals surface area contributed by atoms with Gasteiger partial charge in [-0.25, -0.2) is 4.99 Å². The minimum absolute atomic E-state index is 0.398. The Bertz CT molecular complexity index is 466. The van der Waals surface area contributed by atoms with Crippen molar-refractivity contribution < 1.29 is 0 Å². The molecule has 1 unspecified atom stereocenters. The highest BCUT2D eigenvalue weighted by atomic mass is 15.2. The summed E-state index contributed by atoms with van der Waals surface area (Å²) in [5.74, 6) is 1.47. The minimum Gasteiger partial charge on any atom is -0.357 e. The summed E-state index contributed by atoms with van der Waals surface area (Å²) in [6.45, 7) is 11.2. The number of nitrogens with one attached hydrogen (secondary N) is 2. The molecule has 1 aromatic carbocycles. The Labute approximate surface area is 136 Å². The predicted molar refractivity (Wildman–Crippen MR) is 96.1 cm³/mol. The van der Waals surface area contributed by atoms with Gasteiger partial charge in [0.05, 0.1) is 6.54 Å². The van der Waals surface area contributed by atoms with E-state index in [1.165, 1.54) is 11.1 Å². The third-order valence-corrected chi connectivity index (χ3v) is 3.72. The van der Waals surface area contributed by atoms with E-state index in [0.29, 0.717) is 18.5 Å². The van der Waals surface area contributed by atoms with Crippen LogP contribution in [0.4, 0.5) is 0 Å². The summed E-state index contributed by atoms with van der Waals surface area (Å²) >= 11 is 0. The zero-order chi connectivity index (χ0) is 16.5. The van der Waals surface area contributed by atoms with Crippen LogP contribution in [0.15, 0.2) is 29.3 Å². The van der Waals surface area contributed by atoms with Gasteiger partial charge in [0, 0.05) is 19.1 Å². The Morgan fingerprint density at radius 1 is 1.14 bits per heavy atom. The molecule has 1 rings (SSSR count). The third-order valence-electron chi connectivity index (χ3n) is 3.72. The van der Waals surface area contributed by atoms with E-state index >= 15 is 0 Å². The van der Waals surface area contributed by atoms with Gasteiger partial charge in [-0.05, 0) is 45.0 Å². The van der Waals surface area contributed by atoms with Gasteiger partial charge in [-0.2, -0.15) is 0 Å². The molecule has 1 atom stereocenters. The maximum absolute atomic E-state index is 4.75. The van der Waals surface area contributed by atoms with Gasteiger partial charge in [-0.1, -0.05) is 38.1 Å². The van der Waals surface area contributed by atoms with Crippen molar-refractivity contribution in [2.75, 3.05) is 20.6 Å². The fraction of sp³-hybridized carbons (Fsp3) is 0.611. The van der Waals surface area contributed by atoms with Crippen LogP contribution >= 0.6 is 0 Å². The Balaban J connectivity index is 2.81. The molecule has 22 heavy (non-hydrogen) atoms. The second-order valence-corrected chi connectivity index (χ2v) is 6.38. The van der Waals surface area contributed by atoms with E-state index in [4.69, 9.17) is 4.99 Å². The maximum Gasteiger partial charge on any atom is 0.191 e. The lowest BCUT2D eigenvalue weighted by Crippen LogP contribution is -2.44. The van der Waals surface area contributed by atoms with E-state index in [2.05, 4.69) is 81.6 Å². The summed E-state index contributed by atoms with van der Waals surface area (Å²) in [5.41, 5.74) is 2.62. The lowest BCUT2D eigenvalue weighted by Gasteiger charge is -2.21. The number of guanidine groups is 1. The van der Waals surface area contributed by atoms with Crippen LogP contribution in [0.2, 0.25) is 0 Å². The highest BCUT2D eigenvalue weighted by Gasteiger charge is 2.09. The molecule has 1 aromatic rings. The Morgan fingerprint density at radius 3 is 2.32 bits per heavy atom. The molecule has 0 heterocycles. The topological polar surface area (TPSA) is 39.7 Å². The molecule has 4 nitrogen and oxygen atoms in total. The van der Waals surface area contributed by atoms with Crippen LogP contribution in [0.3, 0.4) is 0 Å². The zero-order valence-electron chi connectivity index (χ0n) is 15.0. The number of rotatable bonds is 7. The Morgan fingerprint density at radius 2 is 1.77 bits per heavy atom. The van der Waals surface area contributed by atoms with E-state index < -0.39 is 0 Å². The largest absolute Gasteiger partial charge is 0.357 e. The first-order chi connectivity index (χ1) is 10.4. The van der Waals surface area contributed by atoms with E-state index in [9.17, 15) is 0 Å². The number of hydrogen-bond donors (Lipinski definition) is 2. The SMILES string of the molecule is CCNC(=NCc1ccccc1CN(C)C)NC(C)C(C)C. The van der Waals surface area contributed by atoms with Crippen molar-refractivity contribution in [1.82, 2.24) is 15.5 Å². The van der Waals surface area contributed by atoms with Gasteiger partial charge in [0.25, 0.3) is 0 Å². The van der Waals surface area contributed by atoms with Gasteiger partial charge >= 0.3 is 0 Å². The average Bonchev–Trinajstić information content (AvgIpc) is 2.45. The molecule has 0 amide bonds. The smallest absolute Gasteiger partial charge is 0.191 e. The Hall–Kier alpha value is -1.55. The van der Waals surface area contributed by atoms with Gasteiger partial charge in [0.2, 0.25) is 0 Å². The molecule has 124 valence electrons. The summed E-state index contributed by atoms with van der Waals surface area (Å²) in [4.78, 5) is 6.94. The van der Waals surface area contributed by atoms with Crippen LogP contribution in [0.5, 0.6) is 0 Å².